The summed E-state index contributed by atoms with van der Waals surface area (Å²) in [4.78, 5) is 14.5. The van der Waals surface area contributed by atoms with Gasteiger partial charge in [0.05, 0.1) is 6.54 Å². The molecule has 1 aliphatic carbocycles. The molecule has 2 N–H and O–H groups in total. The first-order chi connectivity index (χ1) is 10.2. The fourth-order valence-electron chi connectivity index (χ4n) is 3.82. The Kier molecular flexibility index (Phi) is 6.97. The topological polar surface area (TPSA) is 44.4 Å². The highest BCUT2D eigenvalue weighted by molar-refractivity contribution is 5.78. The summed E-state index contributed by atoms with van der Waals surface area (Å²) in [5, 5.41) is 6.75. The first-order valence-electron chi connectivity index (χ1n) is 8.94. The molecule has 1 unspecified atom stereocenters. The molecular formula is C17H33N3O. The van der Waals surface area contributed by atoms with E-state index in [0.717, 1.165) is 25.6 Å². The lowest BCUT2D eigenvalue weighted by atomic mass is 9.90. The van der Waals surface area contributed by atoms with Crippen LogP contribution in [-0.4, -0.2) is 49.1 Å². The van der Waals surface area contributed by atoms with Crippen LogP contribution in [0.4, 0.5) is 0 Å². The fraction of sp³-hybridized carbons (Fsp3) is 0.941. The zero-order valence-electron chi connectivity index (χ0n) is 13.9. The number of likely N-dealkylation sites (tertiary alicyclic amines) is 1. The van der Waals surface area contributed by atoms with E-state index in [1.54, 1.807) is 0 Å². The number of carbonyl (C=O) groups excluding carboxylic acids is 1. The molecule has 4 heteroatoms. The highest BCUT2D eigenvalue weighted by Crippen LogP contribution is 2.21. The minimum absolute atomic E-state index is 0.236. The number of hydrogen-bond acceptors (Lipinski definition) is 3. The summed E-state index contributed by atoms with van der Waals surface area (Å²) >= 11 is 0. The Labute approximate surface area is 130 Å². The van der Waals surface area contributed by atoms with Crippen LogP contribution in [0, 0.1) is 5.92 Å². The molecule has 2 rings (SSSR count). The van der Waals surface area contributed by atoms with Crippen molar-refractivity contribution >= 4 is 5.91 Å². The number of nitrogens with zero attached hydrogens (tertiary/aromatic N) is 1. The van der Waals surface area contributed by atoms with Gasteiger partial charge in [0.25, 0.3) is 0 Å². The van der Waals surface area contributed by atoms with Crippen molar-refractivity contribution in [2.75, 3.05) is 26.2 Å². The molecular weight excluding hydrogens is 262 g/mol. The summed E-state index contributed by atoms with van der Waals surface area (Å²) in [5.74, 6) is 1.00. The van der Waals surface area contributed by atoms with E-state index in [1.807, 2.05) is 0 Å². The van der Waals surface area contributed by atoms with E-state index < -0.39 is 0 Å². The maximum atomic E-state index is 12.1. The van der Waals surface area contributed by atoms with Crippen LogP contribution in [0.15, 0.2) is 0 Å². The molecule has 21 heavy (non-hydrogen) atoms. The van der Waals surface area contributed by atoms with Crippen LogP contribution in [0.3, 0.4) is 0 Å². The van der Waals surface area contributed by atoms with Gasteiger partial charge in [-0.15, -0.1) is 0 Å². The molecule has 1 saturated carbocycles. The number of amides is 1. The van der Waals surface area contributed by atoms with Crippen LogP contribution >= 0.6 is 0 Å². The van der Waals surface area contributed by atoms with Crippen molar-refractivity contribution in [2.45, 2.75) is 70.9 Å². The Hall–Kier alpha value is -0.610. The Morgan fingerprint density at radius 1 is 1.14 bits per heavy atom. The molecule has 122 valence electrons. The first-order valence-corrected chi connectivity index (χ1v) is 8.94. The summed E-state index contributed by atoms with van der Waals surface area (Å²) < 4.78 is 0. The van der Waals surface area contributed by atoms with Crippen molar-refractivity contribution in [1.82, 2.24) is 15.5 Å². The summed E-state index contributed by atoms with van der Waals surface area (Å²) in [6, 6.07) is 1.05. The normalized spacial score (nSPS) is 23.9. The second-order valence-corrected chi connectivity index (χ2v) is 6.86. The van der Waals surface area contributed by atoms with E-state index in [-0.39, 0.29) is 5.91 Å². The molecule has 1 saturated heterocycles. The molecule has 0 spiro atoms. The van der Waals surface area contributed by atoms with E-state index in [9.17, 15) is 4.79 Å². The van der Waals surface area contributed by atoms with Gasteiger partial charge in [-0.25, -0.2) is 0 Å². The predicted octanol–water partition coefficient (Wildman–Crippen LogP) is 2.15. The van der Waals surface area contributed by atoms with Crippen LogP contribution in [0.1, 0.15) is 58.8 Å². The van der Waals surface area contributed by atoms with Crippen molar-refractivity contribution in [2.24, 2.45) is 5.92 Å². The highest BCUT2D eigenvalue weighted by Gasteiger charge is 2.25. The van der Waals surface area contributed by atoms with E-state index >= 15 is 0 Å². The summed E-state index contributed by atoms with van der Waals surface area (Å²) in [6.45, 7) is 8.24. The zero-order chi connectivity index (χ0) is 15.1. The highest BCUT2D eigenvalue weighted by atomic mass is 16.2. The van der Waals surface area contributed by atoms with E-state index in [2.05, 4.69) is 29.4 Å². The van der Waals surface area contributed by atoms with Gasteiger partial charge in [-0.1, -0.05) is 26.2 Å². The van der Waals surface area contributed by atoms with Gasteiger partial charge in [-0.05, 0) is 58.2 Å². The van der Waals surface area contributed by atoms with Gasteiger partial charge < -0.3 is 10.6 Å². The molecule has 4 nitrogen and oxygen atoms in total. The number of nitrogens with one attached hydrogen (secondary N) is 2. The second-order valence-electron chi connectivity index (χ2n) is 6.86. The molecule has 1 atom stereocenters. The molecule has 2 fully saturated rings. The molecule has 0 aromatic heterocycles. The summed E-state index contributed by atoms with van der Waals surface area (Å²) in [5.41, 5.74) is 0. The maximum absolute atomic E-state index is 12.1. The minimum Gasteiger partial charge on any atom is -0.352 e. The number of rotatable bonds is 6. The largest absolute Gasteiger partial charge is 0.352 e. The number of carbonyl (C=O) groups is 1. The van der Waals surface area contributed by atoms with E-state index in [0.29, 0.717) is 18.6 Å². The van der Waals surface area contributed by atoms with Gasteiger partial charge in [0.15, 0.2) is 0 Å². The molecule has 1 amide bonds. The van der Waals surface area contributed by atoms with Crippen molar-refractivity contribution in [3.63, 3.8) is 0 Å². The van der Waals surface area contributed by atoms with Crippen LogP contribution in [0.2, 0.25) is 0 Å². The van der Waals surface area contributed by atoms with Crippen molar-refractivity contribution in [3.8, 4) is 0 Å². The fourth-order valence-corrected chi connectivity index (χ4v) is 3.82. The van der Waals surface area contributed by atoms with Crippen LogP contribution < -0.4 is 10.6 Å². The van der Waals surface area contributed by atoms with E-state index in [1.165, 1.54) is 44.9 Å². The monoisotopic (exact) mass is 295 g/mol. The van der Waals surface area contributed by atoms with Gasteiger partial charge in [0.1, 0.15) is 0 Å². The molecule has 0 bridgehead atoms. The Bertz CT molecular complexity index is 307. The van der Waals surface area contributed by atoms with Gasteiger partial charge in [0.2, 0.25) is 5.91 Å². The predicted molar refractivity (Wildman–Crippen MR) is 87.3 cm³/mol. The summed E-state index contributed by atoms with van der Waals surface area (Å²) in [6.07, 6.45) is 8.67. The lowest BCUT2D eigenvalue weighted by molar-refractivity contribution is -0.123. The third-order valence-corrected chi connectivity index (χ3v) is 5.20. The Morgan fingerprint density at radius 3 is 2.43 bits per heavy atom. The number of piperidine rings is 1. The second kappa shape index (κ2) is 8.74. The van der Waals surface area contributed by atoms with Crippen LogP contribution in [0.5, 0.6) is 0 Å². The van der Waals surface area contributed by atoms with Gasteiger partial charge in [-0.2, -0.15) is 0 Å². The smallest absolute Gasteiger partial charge is 0.234 e. The zero-order valence-corrected chi connectivity index (χ0v) is 13.9. The molecule has 1 heterocycles. The van der Waals surface area contributed by atoms with Crippen molar-refractivity contribution in [1.29, 1.82) is 0 Å². The Morgan fingerprint density at radius 2 is 1.81 bits per heavy atom. The van der Waals surface area contributed by atoms with Gasteiger partial charge >= 0.3 is 0 Å². The lowest BCUT2D eigenvalue weighted by Gasteiger charge is -2.35. The average molecular weight is 295 g/mol. The number of hydrogen-bond donors (Lipinski definition) is 2. The standard InChI is InChI=1S/C17H33N3O/c1-3-18-14(2)15-9-11-20(12-10-15)13-17(21)19-16-7-5-4-6-8-16/h14-16,18H,3-13H2,1-2H3,(H,19,21). The van der Waals surface area contributed by atoms with Crippen LogP contribution in [0.25, 0.3) is 0 Å². The molecule has 0 aromatic rings. The Balaban J connectivity index is 1.64. The van der Waals surface area contributed by atoms with Crippen molar-refractivity contribution < 1.29 is 4.79 Å². The molecule has 0 radical (unpaired) electrons. The lowest BCUT2D eigenvalue weighted by Crippen LogP contribution is -2.47. The minimum atomic E-state index is 0.236. The van der Waals surface area contributed by atoms with Gasteiger partial charge in [0, 0.05) is 12.1 Å². The van der Waals surface area contributed by atoms with Crippen molar-refractivity contribution in [3.05, 3.63) is 0 Å². The third-order valence-electron chi connectivity index (χ3n) is 5.20. The quantitative estimate of drug-likeness (QED) is 0.789. The third kappa shape index (κ3) is 5.59. The molecule has 2 aliphatic rings. The molecule has 1 aliphatic heterocycles. The van der Waals surface area contributed by atoms with E-state index in [4.69, 9.17) is 0 Å². The maximum Gasteiger partial charge on any atom is 0.234 e. The van der Waals surface area contributed by atoms with Gasteiger partial charge in [-0.3, -0.25) is 9.69 Å². The molecule has 0 aromatic carbocycles. The summed E-state index contributed by atoms with van der Waals surface area (Å²) in [7, 11) is 0. The average Bonchev–Trinajstić information content (AvgIpc) is 2.49. The first kappa shape index (κ1) is 16.8. The van der Waals surface area contributed by atoms with Crippen LogP contribution in [-0.2, 0) is 4.79 Å². The SMILES string of the molecule is CCNC(C)C1CCN(CC(=O)NC2CCCCC2)CC1.